The molecule has 0 aromatic heterocycles. The van der Waals surface area contributed by atoms with Crippen molar-refractivity contribution in [3.63, 3.8) is 0 Å². The molecule has 1 aliphatic rings. The summed E-state index contributed by atoms with van der Waals surface area (Å²) in [5, 5.41) is 28.2. The van der Waals surface area contributed by atoms with Gasteiger partial charge >= 0.3 is 0 Å². The second-order valence-corrected chi connectivity index (χ2v) is 5.60. The van der Waals surface area contributed by atoms with Gasteiger partial charge in [0, 0.05) is 13.0 Å². The standard InChI is InChI=1S/C15H30O5/c1-2-3-4-5-6-7-8-9-10-19-13-11-12(16)14(17)15(18)20-13/h12-18H,2-11H2,1H3/t12-,13?,14+,15?/m0/s1. The second kappa shape index (κ2) is 10.5. The summed E-state index contributed by atoms with van der Waals surface area (Å²) in [5.41, 5.74) is 0. The molecule has 1 heterocycles. The van der Waals surface area contributed by atoms with Crippen molar-refractivity contribution in [3.8, 4) is 0 Å². The van der Waals surface area contributed by atoms with Crippen LogP contribution in [0.3, 0.4) is 0 Å². The molecule has 0 aromatic carbocycles. The minimum atomic E-state index is -1.36. The lowest BCUT2D eigenvalue weighted by molar-refractivity contribution is -0.305. The Hall–Kier alpha value is -0.200. The van der Waals surface area contributed by atoms with E-state index in [1.54, 1.807) is 0 Å². The van der Waals surface area contributed by atoms with E-state index in [0.717, 1.165) is 12.8 Å². The molecule has 3 N–H and O–H groups in total. The average molecular weight is 290 g/mol. The van der Waals surface area contributed by atoms with Gasteiger partial charge in [0.2, 0.25) is 0 Å². The molecule has 120 valence electrons. The first-order chi connectivity index (χ1) is 9.65. The Morgan fingerprint density at radius 3 is 2.15 bits per heavy atom. The first-order valence-corrected chi connectivity index (χ1v) is 7.96. The van der Waals surface area contributed by atoms with Gasteiger partial charge in [-0.3, -0.25) is 0 Å². The highest BCUT2D eigenvalue weighted by molar-refractivity contribution is 4.76. The maximum absolute atomic E-state index is 9.49. The third-order valence-electron chi connectivity index (χ3n) is 3.71. The molecule has 2 unspecified atom stereocenters. The molecular weight excluding hydrogens is 260 g/mol. The van der Waals surface area contributed by atoms with Crippen molar-refractivity contribution >= 4 is 0 Å². The first kappa shape index (κ1) is 17.9. The molecule has 1 aliphatic heterocycles. The summed E-state index contributed by atoms with van der Waals surface area (Å²) in [5.74, 6) is 0. The SMILES string of the molecule is CCCCCCCCCCOC1C[C@H](O)[C@@H](O)C(O)O1. The monoisotopic (exact) mass is 290 g/mol. The van der Waals surface area contributed by atoms with E-state index in [4.69, 9.17) is 9.47 Å². The third-order valence-corrected chi connectivity index (χ3v) is 3.71. The molecular formula is C15H30O5. The van der Waals surface area contributed by atoms with Crippen LogP contribution in [0.1, 0.15) is 64.7 Å². The average Bonchev–Trinajstić information content (AvgIpc) is 2.43. The molecule has 4 atom stereocenters. The Morgan fingerprint density at radius 1 is 0.950 bits per heavy atom. The van der Waals surface area contributed by atoms with Crippen LogP contribution in [0.15, 0.2) is 0 Å². The van der Waals surface area contributed by atoms with Crippen LogP contribution in [-0.2, 0) is 9.47 Å². The van der Waals surface area contributed by atoms with Gasteiger partial charge in [0.15, 0.2) is 12.6 Å². The number of aliphatic hydroxyl groups excluding tert-OH is 3. The van der Waals surface area contributed by atoms with Crippen LogP contribution in [0.5, 0.6) is 0 Å². The van der Waals surface area contributed by atoms with Gasteiger partial charge < -0.3 is 24.8 Å². The Bertz CT molecular complexity index is 224. The third kappa shape index (κ3) is 6.99. The van der Waals surface area contributed by atoms with Gasteiger partial charge in [-0.2, -0.15) is 0 Å². The summed E-state index contributed by atoms with van der Waals surface area (Å²) in [6.07, 6.45) is 5.87. The van der Waals surface area contributed by atoms with Crippen LogP contribution in [0.25, 0.3) is 0 Å². The molecule has 5 heteroatoms. The molecule has 20 heavy (non-hydrogen) atoms. The molecule has 0 amide bonds. The van der Waals surface area contributed by atoms with Crippen LogP contribution in [0.4, 0.5) is 0 Å². The van der Waals surface area contributed by atoms with Gasteiger partial charge in [0.25, 0.3) is 0 Å². The fourth-order valence-corrected chi connectivity index (χ4v) is 2.38. The van der Waals surface area contributed by atoms with Crippen LogP contribution in [0.2, 0.25) is 0 Å². The van der Waals surface area contributed by atoms with Crippen molar-refractivity contribution in [3.05, 3.63) is 0 Å². The van der Waals surface area contributed by atoms with E-state index in [-0.39, 0.29) is 6.42 Å². The highest BCUT2D eigenvalue weighted by Crippen LogP contribution is 2.20. The fourth-order valence-electron chi connectivity index (χ4n) is 2.38. The lowest BCUT2D eigenvalue weighted by Crippen LogP contribution is -2.48. The number of rotatable bonds is 10. The summed E-state index contributed by atoms with van der Waals surface area (Å²) < 4.78 is 10.5. The molecule has 0 spiro atoms. The molecule has 1 rings (SSSR count). The van der Waals surface area contributed by atoms with Crippen LogP contribution in [-0.4, -0.2) is 46.7 Å². The predicted octanol–water partition coefficient (Wildman–Crippen LogP) is 1.93. The van der Waals surface area contributed by atoms with Crippen molar-refractivity contribution in [2.75, 3.05) is 6.61 Å². The Labute approximate surface area is 121 Å². The van der Waals surface area contributed by atoms with Crippen LogP contribution in [0, 0.1) is 0 Å². The number of hydrogen-bond donors (Lipinski definition) is 3. The molecule has 0 aromatic rings. The summed E-state index contributed by atoms with van der Waals surface area (Å²) in [6, 6.07) is 0. The summed E-state index contributed by atoms with van der Waals surface area (Å²) in [7, 11) is 0. The van der Waals surface area contributed by atoms with E-state index in [1.165, 1.54) is 38.5 Å². The minimum absolute atomic E-state index is 0.204. The highest BCUT2D eigenvalue weighted by atomic mass is 16.7. The molecule has 0 radical (unpaired) electrons. The largest absolute Gasteiger partial charge is 0.390 e. The quantitative estimate of drug-likeness (QED) is 0.536. The zero-order valence-electron chi connectivity index (χ0n) is 12.5. The second-order valence-electron chi connectivity index (χ2n) is 5.60. The molecule has 1 saturated heterocycles. The van der Waals surface area contributed by atoms with Gasteiger partial charge in [-0.15, -0.1) is 0 Å². The lowest BCUT2D eigenvalue weighted by Gasteiger charge is -2.33. The van der Waals surface area contributed by atoms with Crippen molar-refractivity contribution in [1.29, 1.82) is 0 Å². The van der Waals surface area contributed by atoms with Crippen molar-refractivity contribution < 1.29 is 24.8 Å². The molecule has 0 aliphatic carbocycles. The number of aliphatic hydroxyl groups is 3. The minimum Gasteiger partial charge on any atom is -0.390 e. The van der Waals surface area contributed by atoms with E-state index in [1.807, 2.05) is 0 Å². The Kier molecular flexibility index (Phi) is 9.39. The summed E-state index contributed by atoms with van der Waals surface area (Å²) in [6.45, 7) is 2.78. The first-order valence-electron chi connectivity index (χ1n) is 7.96. The maximum Gasteiger partial charge on any atom is 0.186 e. The summed E-state index contributed by atoms with van der Waals surface area (Å²) >= 11 is 0. The molecule has 0 saturated carbocycles. The maximum atomic E-state index is 9.49. The van der Waals surface area contributed by atoms with Crippen LogP contribution < -0.4 is 0 Å². The van der Waals surface area contributed by atoms with E-state index in [9.17, 15) is 15.3 Å². The Balaban J connectivity index is 1.94. The van der Waals surface area contributed by atoms with E-state index < -0.39 is 24.8 Å². The van der Waals surface area contributed by atoms with E-state index in [0.29, 0.717) is 6.61 Å². The molecule has 1 fully saturated rings. The van der Waals surface area contributed by atoms with E-state index >= 15 is 0 Å². The predicted molar refractivity (Wildman–Crippen MR) is 76.1 cm³/mol. The number of hydrogen-bond acceptors (Lipinski definition) is 5. The lowest BCUT2D eigenvalue weighted by atomic mass is 10.1. The van der Waals surface area contributed by atoms with Gasteiger partial charge in [0.1, 0.15) is 6.10 Å². The molecule has 5 nitrogen and oxygen atoms in total. The van der Waals surface area contributed by atoms with Gasteiger partial charge in [-0.25, -0.2) is 0 Å². The van der Waals surface area contributed by atoms with Gasteiger partial charge in [-0.05, 0) is 6.42 Å². The zero-order valence-corrected chi connectivity index (χ0v) is 12.5. The van der Waals surface area contributed by atoms with E-state index in [2.05, 4.69) is 6.92 Å². The van der Waals surface area contributed by atoms with Crippen LogP contribution >= 0.6 is 0 Å². The molecule has 0 bridgehead atoms. The number of unbranched alkanes of at least 4 members (excludes halogenated alkanes) is 7. The highest BCUT2D eigenvalue weighted by Gasteiger charge is 2.35. The van der Waals surface area contributed by atoms with Gasteiger partial charge in [0.05, 0.1) is 6.10 Å². The number of ether oxygens (including phenoxy) is 2. The fraction of sp³-hybridized carbons (Fsp3) is 1.00. The van der Waals surface area contributed by atoms with Gasteiger partial charge in [-0.1, -0.05) is 51.9 Å². The van der Waals surface area contributed by atoms with Crippen molar-refractivity contribution in [2.45, 2.75) is 89.5 Å². The van der Waals surface area contributed by atoms with Crippen molar-refractivity contribution in [2.24, 2.45) is 0 Å². The zero-order chi connectivity index (χ0) is 14.8. The smallest absolute Gasteiger partial charge is 0.186 e. The van der Waals surface area contributed by atoms with Crippen molar-refractivity contribution in [1.82, 2.24) is 0 Å². The normalized spacial score (nSPS) is 30.6. The Morgan fingerprint density at radius 2 is 1.55 bits per heavy atom. The summed E-state index contributed by atoms with van der Waals surface area (Å²) in [4.78, 5) is 0. The topological polar surface area (TPSA) is 79.2 Å².